The second-order valence-corrected chi connectivity index (χ2v) is 6.20. The van der Waals surface area contributed by atoms with Crippen LogP contribution in [0.2, 0.25) is 0 Å². The number of aryl methyl sites for hydroxylation is 1. The van der Waals surface area contributed by atoms with E-state index in [1.165, 1.54) is 0 Å². The fourth-order valence-electron chi connectivity index (χ4n) is 2.50. The number of hydrogen-bond donors (Lipinski definition) is 0. The van der Waals surface area contributed by atoms with Crippen LogP contribution in [0.5, 0.6) is 0 Å². The number of nitrogens with zero attached hydrogens (tertiary/aromatic N) is 3. The van der Waals surface area contributed by atoms with Crippen molar-refractivity contribution < 1.29 is 9.44 Å². The van der Waals surface area contributed by atoms with Gasteiger partial charge in [-0.25, -0.2) is 9.78 Å². The molecule has 19 heavy (non-hydrogen) atoms. The molecule has 0 saturated carbocycles. The zero-order valence-electron chi connectivity index (χ0n) is 11.5. The number of carbonyl (C=O) groups is 1. The van der Waals surface area contributed by atoms with Crippen molar-refractivity contribution in [3.05, 3.63) is 23.4 Å². The molecule has 0 aromatic carbocycles. The molecule has 0 spiro atoms. The first-order valence-corrected chi connectivity index (χ1v) is 7.93. The SMILES string of the molecule is CCCC(C(=O)[N+]1([O-])CCSCC1)n1ccnc1C. The molecule has 1 saturated heterocycles. The fourth-order valence-corrected chi connectivity index (χ4v) is 3.55. The number of rotatable bonds is 4. The minimum atomic E-state index is -0.671. The highest BCUT2D eigenvalue weighted by atomic mass is 32.2. The van der Waals surface area contributed by atoms with Gasteiger partial charge >= 0.3 is 5.91 Å². The number of amides is 1. The molecule has 1 aromatic heterocycles. The molecule has 1 fully saturated rings. The number of carbonyl (C=O) groups excluding carboxylic acids is 1. The minimum absolute atomic E-state index is 0.205. The standard InChI is InChI=1S/C13H21N3O2S/c1-3-4-12(15-6-5-14-11(15)2)13(17)16(18)7-9-19-10-8-16/h5-6,12H,3-4,7-10H2,1-2H3. The molecule has 2 heterocycles. The van der Waals surface area contributed by atoms with Crippen molar-refractivity contribution in [1.82, 2.24) is 9.55 Å². The Hall–Kier alpha value is -0.850. The van der Waals surface area contributed by atoms with E-state index in [1.807, 2.05) is 18.4 Å². The summed E-state index contributed by atoms with van der Waals surface area (Å²) >= 11 is 1.75. The summed E-state index contributed by atoms with van der Waals surface area (Å²) in [5.74, 6) is 2.14. The van der Waals surface area contributed by atoms with Crippen LogP contribution < -0.4 is 0 Å². The van der Waals surface area contributed by atoms with Crippen molar-refractivity contribution in [2.75, 3.05) is 24.6 Å². The van der Waals surface area contributed by atoms with E-state index in [9.17, 15) is 10.0 Å². The van der Waals surface area contributed by atoms with Crippen molar-refractivity contribution in [2.45, 2.75) is 32.7 Å². The maximum absolute atomic E-state index is 12.7. The summed E-state index contributed by atoms with van der Waals surface area (Å²) in [4.78, 5) is 16.8. The molecule has 6 heteroatoms. The molecule has 0 radical (unpaired) electrons. The zero-order valence-corrected chi connectivity index (χ0v) is 12.4. The van der Waals surface area contributed by atoms with Gasteiger partial charge in [0.25, 0.3) is 0 Å². The smallest absolute Gasteiger partial charge is 0.336 e. The van der Waals surface area contributed by atoms with Gasteiger partial charge in [0.1, 0.15) is 11.9 Å². The predicted octanol–water partition coefficient (Wildman–Crippen LogP) is 2.12. The van der Waals surface area contributed by atoms with Gasteiger partial charge in [-0.2, -0.15) is 11.8 Å². The highest BCUT2D eigenvalue weighted by Crippen LogP contribution is 2.26. The Bertz CT molecular complexity index is 441. The van der Waals surface area contributed by atoms with E-state index in [4.69, 9.17) is 0 Å². The van der Waals surface area contributed by atoms with E-state index in [1.54, 1.807) is 24.2 Å². The zero-order chi connectivity index (χ0) is 13.9. The number of quaternary nitrogens is 1. The van der Waals surface area contributed by atoms with Gasteiger partial charge in [0.2, 0.25) is 0 Å². The molecule has 5 nitrogen and oxygen atoms in total. The summed E-state index contributed by atoms with van der Waals surface area (Å²) in [5, 5.41) is 12.7. The van der Waals surface area contributed by atoms with Crippen LogP contribution in [0.4, 0.5) is 0 Å². The van der Waals surface area contributed by atoms with Gasteiger partial charge in [-0.1, -0.05) is 13.3 Å². The molecule has 1 aromatic rings. The van der Waals surface area contributed by atoms with E-state index in [2.05, 4.69) is 4.98 Å². The van der Waals surface area contributed by atoms with Gasteiger partial charge in [-0.3, -0.25) is 4.65 Å². The largest absolute Gasteiger partial charge is 0.625 e. The third-order valence-electron chi connectivity index (χ3n) is 3.64. The molecule has 1 amide bonds. The van der Waals surface area contributed by atoms with Crippen LogP contribution in [0.25, 0.3) is 0 Å². The Labute approximate surface area is 118 Å². The first-order chi connectivity index (χ1) is 9.08. The summed E-state index contributed by atoms with van der Waals surface area (Å²) in [6, 6.07) is -0.368. The molecule has 1 aliphatic heterocycles. The normalized spacial score (nSPS) is 20.2. The van der Waals surface area contributed by atoms with Crippen molar-refractivity contribution in [2.24, 2.45) is 0 Å². The molecular formula is C13H21N3O2S. The molecule has 1 atom stereocenters. The Kier molecular flexibility index (Phi) is 4.65. The Morgan fingerprint density at radius 2 is 2.26 bits per heavy atom. The second-order valence-electron chi connectivity index (χ2n) is 4.97. The summed E-state index contributed by atoms with van der Waals surface area (Å²) in [6.45, 7) is 4.71. The van der Waals surface area contributed by atoms with E-state index in [0.29, 0.717) is 19.5 Å². The fraction of sp³-hybridized carbons (Fsp3) is 0.692. The lowest BCUT2D eigenvalue weighted by Gasteiger charge is -2.44. The molecule has 0 aliphatic carbocycles. The Morgan fingerprint density at radius 3 is 2.79 bits per heavy atom. The number of hydrogen-bond acceptors (Lipinski definition) is 4. The van der Waals surface area contributed by atoms with Crippen LogP contribution in [-0.2, 0) is 4.79 Å². The van der Waals surface area contributed by atoms with Crippen molar-refractivity contribution in [3.8, 4) is 0 Å². The topological polar surface area (TPSA) is 57.9 Å². The van der Waals surface area contributed by atoms with Gasteiger partial charge in [0.15, 0.2) is 0 Å². The third kappa shape index (κ3) is 3.01. The van der Waals surface area contributed by atoms with Gasteiger partial charge in [-0.15, -0.1) is 0 Å². The first kappa shape index (κ1) is 14.6. The molecule has 106 valence electrons. The van der Waals surface area contributed by atoms with Crippen molar-refractivity contribution in [1.29, 1.82) is 0 Å². The number of aromatic nitrogens is 2. The summed E-state index contributed by atoms with van der Waals surface area (Å²) in [7, 11) is 0. The quantitative estimate of drug-likeness (QED) is 0.627. The lowest BCUT2D eigenvalue weighted by atomic mass is 10.1. The summed E-state index contributed by atoms with van der Waals surface area (Å²) < 4.78 is 1.18. The van der Waals surface area contributed by atoms with Gasteiger partial charge in [0, 0.05) is 23.9 Å². The van der Waals surface area contributed by atoms with Crippen LogP contribution in [0.3, 0.4) is 0 Å². The van der Waals surface area contributed by atoms with Crippen LogP contribution in [-0.4, -0.2) is 44.7 Å². The molecule has 1 aliphatic rings. The minimum Gasteiger partial charge on any atom is -0.625 e. The van der Waals surface area contributed by atoms with Crippen LogP contribution in [0, 0.1) is 12.1 Å². The van der Waals surface area contributed by atoms with Crippen molar-refractivity contribution in [3.63, 3.8) is 0 Å². The highest BCUT2D eigenvalue weighted by molar-refractivity contribution is 7.99. The summed E-state index contributed by atoms with van der Waals surface area (Å²) in [6.07, 6.45) is 5.07. The summed E-state index contributed by atoms with van der Waals surface area (Å²) in [5.41, 5.74) is 0. The molecule has 1 unspecified atom stereocenters. The average Bonchev–Trinajstić information content (AvgIpc) is 2.82. The molecule has 0 N–H and O–H groups in total. The number of hydroxylamine groups is 3. The van der Waals surface area contributed by atoms with E-state index in [-0.39, 0.29) is 11.9 Å². The number of imidazole rings is 1. The second kappa shape index (κ2) is 6.07. The van der Waals surface area contributed by atoms with E-state index >= 15 is 0 Å². The van der Waals surface area contributed by atoms with Gasteiger partial charge in [-0.05, 0) is 13.3 Å². The lowest BCUT2D eigenvalue weighted by molar-refractivity contribution is -0.801. The third-order valence-corrected chi connectivity index (χ3v) is 4.58. The Balaban J connectivity index is 2.24. The predicted molar refractivity (Wildman–Crippen MR) is 76.6 cm³/mol. The van der Waals surface area contributed by atoms with Crippen LogP contribution >= 0.6 is 11.8 Å². The van der Waals surface area contributed by atoms with E-state index < -0.39 is 4.65 Å². The van der Waals surface area contributed by atoms with Crippen LogP contribution in [0.1, 0.15) is 31.6 Å². The van der Waals surface area contributed by atoms with Crippen molar-refractivity contribution >= 4 is 17.7 Å². The lowest BCUT2D eigenvalue weighted by Crippen LogP contribution is -2.55. The van der Waals surface area contributed by atoms with Gasteiger partial charge in [0.05, 0.1) is 13.1 Å². The maximum Gasteiger partial charge on any atom is 0.336 e. The Morgan fingerprint density at radius 1 is 1.58 bits per heavy atom. The van der Waals surface area contributed by atoms with Crippen LogP contribution in [0.15, 0.2) is 12.4 Å². The monoisotopic (exact) mass is 283 g/mol. The highest BCUT2D eigenvalue weighted by Gasteiger charge is 2.36. The average molecular weight is 283 g/mol. The number of thioether (sulfide) groups is 1. The first-order valence-electron chi connectivity index (χ1n) is 6.78. The molecular weight excluding hydrogens is 262 g/mol. The molecule has 2 rings (SSSR count). The van der Waals surface area contributed by atoms with Gasteiger partial charge < -0.3 is 9.77 Å². The molecule has 0 bridgehead atoms. The van der Waals surface area contributed by atoms with E-state index in [0.717, 1.165) is 23.8 Å². The maximum atomic E-state index is 12.7.